The number of hydrogen-bond donors (Lipinski definition) is 2. The Kier molecular flexibility index (Phi) is 8.01. The Bertz CT molecular complexity index is 372. The van der Waals surface area contributed by atoms with Gasteiger partial charge in [0.1, 0.15) is 0 Å². The van der Waals surface area contributed by atoms with Crippen molar-refractivity contribution in [2.45, 2.75) is 31.9 Å². The van der Waals surface area contributed by atoms with Crippen molar-refractivity contribution in [1.82, 2.24) is 10.6 Å². The van der Waals surface area contributed by atoms with Crippen LogP contribution in [0, 0.1) is 0 Å². The van der Waals surface area contributed by atoms with Crippen LogP contribution in [0.5, 0.6) is 0 Å². The summed E-state index contributed by atoms with van der Waals surface area (Å²) in [5.41, 5.74) is 0. The molecule has 0 fully saturated rings. The molecule has 0 unspecified atom stereocenters. The molecule has 0 aliphatic heterocycles. The maximum Gasteiger partial charge on any atom is 0.191 e. The van der Waals surface area contributed by atoms with E-state index in [2.05, 4.69) is 15.6 Å². The molecular weight excluding hydrogens is 266 g/mol. The third-order valence-corrected chi connectivity index (χ3v) is 5.25. The number of guanidine groups is 1. The van der Waals surface area contributed by atoms with Gasteiger partial charge in [-0.05, 0) is 27.2 Å². The number of ether oxygens (including phenoxy) is 1. The second-order valence-corrected chi connectivity index (χ2v) is 8.07. The molecule has 0 aromatic carbocycles. The van der Waals surface area contributed by atoms with Gasteiger partial charge in [-0.1, -0.05) is 0 Å². The molecule has 114 valence electrons. The molecule has 0 aromatic heterocycles. The first kappa shape index (κ1) is 18.2. The molecule has 6 nitrogen and oxygen atoms in total. The molecule has 0 bridgehead atoms. The quantitative estimate of drug-likeness (QED) is 0.403. The Morgan fingerprint density at radius 1 is 1.21 bits per heavy atom. The maximum atomic E-state index is 11.9. The molecule has 0 aliphatic rings. The summed E-state index contributed by atoms with van der Waals surface area (Å²) in [4.78, 5) is 4.03. The molecule has 0 rings (SSSR count). The topological polar surface area (TPSA) is 79.8 Å². The Hall–Kier alpha value is -0.820. The van der Waals surface area contributed by atoms with Crippen LogP contribution in [0.4, 0.5) is 0 Å². The normalized spacial score (nSPS) is 13.4. The van der Waals surface area contributed by atoms with Crippen LogP contribution in [0.3, 0.4) is 0 Å². The first-order valence-electron chi connectivity index (χ1n) is 6.40. The minimum Gasteiger partial charge on any atom is -0.385 e. The molecular formula is C12H27N3O3S. The van der Waals surface area contributed by atoms with Crippen LogP contribution < -0.4 is 10.6 Å². The molecule has 0 saturated carbocycles. The monoisotopic (exact) mass is 293 g/mol. The van der Waals surface area contributed by atoms with Crippen molar-refractivity contribution in [3.8, 4) is 0 Å². The van der Waals surface area contributed by atoms with Crippen LogP contribution >= 0.6 is 0 Å². The Balaban J connectivity index is 4.04. The highest BCUT2D eigenvalue weighted by Crippen LogP contribution is 2.14. The van der Waals surface area contributed by atoms with Crippen LogP contribution in [0.15, 0.2) is 4.99 Å². The molecule has 19 heavy (non-hydrogen) atoms. The molecule has 0 aromatic rings. The number of methoxy groups -OCH3 is 1. The van der Waals surface area contributed by atoms with Crippen LogP contribution in [-0.2, 0) is 14.6 Å². The average Bonchev–Trinajstić information content (AvgIpc) is 2.30. The van der Waals surface area contributed by atoms with Gasteiger partial charge in [0.2, 0.25) is 0 Å². The van der Waals surface area contributed by atoms with E-state index < -0.39 is 14.6 Å². The van der Waals surface area contributed by atoms with E-state index in [-0.39, 0.29) is 5.75 Å². The Labute approximate surface area is 116 Å². The molecule has 0 aliphatic carbocycles. The van der Waals surface area contributed by atoms with Gasteiger partial charge in [0.25, 0.3) is 0 Å². The Morgan fingerprint density at radius 2 is 1.79 bits per heavy atom. The summed E-state index contributed by atoms with van der Waals surface area (Å²) >= 11 is 0. The van der Waals surface area contributed by atoms with E-state index in [0.29, 0.717) is 19.1 Å². The first-order chi connectivity index (χ1) is 8.74. The van der Waals surface area contributed by atoms with Gasteiger partial charge < -0.3 is 15.4 Å². The summed E-state index contributed by atoms with van der Waals surface area (Å²) in [7, 11) is 0.218. The largest absolute Gasteiger partial charge is 0.385 e. The first-order valence-corrected chi connectivity index (χ1v) is 8.05. The molecule has 0 spiro atoms. The van der Waals surface area contributed by atoms with Crippen LogP contribution in [-0.4, -0.2) is 58.7 Å². The summed E-state index contributed by atoms with van der Waals surface area (Å²) < 4.78 is 28.0. The second kappa shape index (κ2) is 8.37. The highest BCUT2D eigenvalue weighted by atomic mass is 32.2. The van der Waals surface area contributed by atoms with E-state index in [9.17, 15) is 8.42 Å². The number of nitrogens with one attached hydrogen (secondary N) is 2. The predicted molar refractivity (Wildman–Crippen MR) is 79.4 cm³/mol. The highest BCUT2D eigenvalue weighted by Gasteiger charge is 2.28. The van der Waals surface area contributed by atoms with Gasteiger partial charge in [-0.25, -0.2) is 8.42 Å². The standard InChI is InChI=1S/C12H27N3O3S/c1-12(2,3)19(16,17)10-8-15-11(13-4)14-7-6-9-18-5/h6-10H2,1-5H3,(H2,13,14,15). The fourth-order valence-electron chi connectivity index (χ4n) is 1.25. The third kappa shape index (κ3) is 7.37. The third-order valence-electron chi connectivity index (χ3n) is 2.64. The summed E-state index contributed by atoms with van der Waals surface area (Å²) in [5, 5.41) is 6.09. The zero-order chi connectivity index (χ0) is 14.9. The fourth-order valence-corrected chi connectivity index (χ4v) is 2.24. The minimum atomic E-state index is -3.10. The van der Waals surface area contributed by atoms with Crippen molar-refractivity contribution < 1.29 is 13.2 Å². The van der Waals surface area contributed by atoms with Crippen molar-refractivity contribution in [2.24, 2.45) is 4.99 Å². The minimum absolute atomic E-state index is 0.0925. The smallest absolute Gasteiger partial charge is 0.191 e. The van der Waals surface area contributed by atoms with Crippen molar-refractivity contribution in [3.05, 3.63) is 0 Å². The number of nitrogens with zero attached hydrogens (tertiary/aromatic N) is 1. The Morgan fingerprint density at radius 3 is 2.26 bits per heavy atom. The summed E-state index contributed by atoms with van der Waals surface area (Å²) in [6.07, 6.45) is 0.873. The maximum absolute atomic E-state index is 11.9. The molecule has 0 atom stereocenters. The van der Waals surface area contributed by atoms with Gasteiger partial charge in [0.05, 0.1) is 10.5 Å². The number of aliphatic imine (C=N–C) groups is 1. The van der Waals surface area contributed by atoms with Gasteiger partial charge in [0.15, 0.2) is 15.8 Å². The van der Waals surface area contributed by atoms with Crippen molar-refractivity contribution >= 4 is 15.8 Å². The molecule has 0 saturated heterocycles. The lowest BCUT2D eigenvalue weighted by Crippen LogP contribution is -2.42. The zero-order valence-corrected chi connectivity index (χ0v) is 13.4. The number of sulfone groups is 1. The van der Waals surface area contributed by atoms with E-state index >= 15 is 0 Å². The van der Waals surface area contributed by atoms with E-state index in [1.54, 1.807) is 34.9 Å². The van der Waals surface area contributed by atoms with Crippen LogP contribution in [0.1, 0.15) is 27.2 Å². The highest BCUT2D eigenvalue weighted by molar-refractivity contribution is 7.92. The number of hydrogen-bond acceptors (Lipinski definition) is 4. The summed E-state index contributed by atoms with van der Waals surface area (Å²) in [6.45, 7) is 6.89. The van der Waals surface area contributed by atoms with Gasteiger partial charge >= 0.3 is 0 Å². The van der Waals surface area contributed by atoms with Crippen molar-refractivity contribution in [3.63, 3.8) is 0 Å². The number of rotatable bonds is 7. The summed E-state index contributed by atoms with van der Waals surface area (Å²) in [6, 6.07) is 0. The van der Waals surface area contributed by atoms with Gasteiger partial charge in [-0.2, -0.15) is 0 Å². The van der Waals surface area contributed by atoms with Crippen LogP contribution in [0.25, 0.3) is 0 Å². The molecule has 0 radical (unpaired) electrons. The van der Waals surface area contributed by atoms with E-state index in [4.69, 9.17) is 4.74 Å². The molecule has 0 heterocycles. The lowest BCUT2D eigenvalue weighted by molar-refractivity contribution is 0.195. The average molecular weight is 293 g/mol. The predicted octanol–water partition coefficient (Wildman–Crippen LogP) is 0.401. The van der Waals surface area contributed by atoms with Gasteiger partial charge in [-0.15, -0.1) is 0 Å². The van der Waals surface area contributed by atoms with Crippen molar-refractivity contribution in [2.75, 3.05) is 39.6 Å². The lowest BCUT2D eigenvalue weighted by Gasteiger charge is -2.19. The van der Waals surface area contributed by atoms with E-state index in [1.165, 1.54) is 0 Å². The zero-order valence-electron chi connectivity index (χ0n) is 12.6. The van der Waals surface area contributed by atoms with Crippen LogP contribution in [0.2, 0.25) is 0 Å². The van der Waals surface area contributed by atoms with Gasteiger partial charge in [0, 0.05) is 33.9 Å². The van der Waals surface area contributed by atoms with Gasteiger partial charge in [-0.3, -0.25) is 4.99 Å². The molecule has 0 amide bonds. The van der Waals surface area contributed by atoms with E-state index in [1.807, 2.05) is 0 Å². The SMILES string of the molecule is CN=C(NCCCOC)NCCS(=O)(=O)C(C)(C)C. The molecule has 7 heteroatoms. The fraction of sp³-hybridized carbons (Fsp3) is 0.917. The molecule has 2 N–H and O–H groups in total. The lowest BCUT2D eigenvalue weighted by atomic mass is 10.3. The van der Waals surface area contributed by atoms with E-state index in [0.717, 1.165) is 13.0 Å². The van der Waals surface area contributed by atoms with Crippen molar-refractivity contribution in [1.29, 1.82) is 0 Å². The second-order valence-electron chi connectivity index (χ2n) is 5.20. The summed E-state index contributed by atoms with van der Waals surface area (Å²) in [5.74, 6) is 0.704.